The van der Waals surface area contributed by atoms with Crippen molar-refractivity contribution in [2.75, 3.05) is 0 Å². The molecule has 1 aromatic heterocycles. The zero-order valence-corrected chi connectivity index (χ0v) is 10.7. The van der Waals surface area contributed by atoms with Crippen molar-refractivity contribution < 1.29 is 4.52 Å². The van der Waals surface area contributed by atoms with Crippen LogP contribution < -0.4 is 0 Å². The van der Waals surface area contributed by atoms with Crippen molar-refractivity contribution >= 4 is 43.2 Å². The van der Waals surface area contributed by atoms with Crippen LogP contribution in [0.15, 0.2) is 65.4 Å². The van der Waals surface area contributed by atoms with Gasteiger partial charge < -0.3 is 4.52 Å². The molecular formula is C18H11NO. The summed E-state index contributed by atoms with van der Waals surface area (Å²) < 4.78 is 5.29. The van der Waals surface area contributed by atoms with Crippen LogP contribution in [0.3, 0.4) is 0 Å². The molecule has 94 valence electrons. The van der Waals surface area contributed by atoms with Gasteiger partial charge in [-0.15, -0.1) is 0 Å². The fourth-order valence-corrected chi connectivity index (χ4v) is 3.35. The van der Waals surface area contributed by atoms with Gasteiger partial charge in [0.2, 0.25) is 0 Å². The van der Waals surface area contributed by atoms with Gasteiger partial charge in [-0.05, 0) is 33.0 Å². The van der Waals surface area contributed by atoms with Gasteiger partial charge in [0.15, 0.2) is 0 Å². The highest BCUT2D eigenvalue weighted by molar-refractivity contribution is 6.32. The van der Waals surface area contributed by atoms with Crippen LogP contribution in [0.5, 0.6) is 0 Å². The van der Waals surface area contributed by atoms with Crippen LogP contribution in [0.2, 0.25) is 0 Å². The Labute approximate surface area is 114 Å². The van der Waals surface area contributed by atoms with Crippen LogP contribution in [0.1, 0.15) is 0 Å². The normalized spacial score (nSPS) is 12.0. The summed E-state index contributed by atoms with van der Waals surface area (Å²) in [6, 6.07) is 19.3. The van der Waals surface area contributed by atoms with Crippen molar-refractivity contribution in [3.05, 3.63) is 60.9 Å². The smallest absolute Gasteiger partial charge is 0.119 e. The number of aromatic nitrogens is 1. The van der Waals surface area contributed by atoms with E-state index in [1.54, 1.807) is 6.26 Å². The molecule has 0 aliphatic rings. The number of rotatable bonds is 0. The second-order valence-corrected chi connectivity index (χ2v) is 5.18. The first-order chi connectivity index (χ1) is 9.93. The summed E-state index contributed by atoms with van der Waals surface area (Å²) in [4.78, 5) is 0. The highest BCUT2D eigenvalue weighted by Crippen LogP contribution is 2.39. The third kappa shape index (κ3) is 1.09. The fraction of sp³-hybridized carbons (Fsp3) is 0. The molecule has 0 unspecified atom stereocenters. The molecule has 2 heteroatoms. The lowest BCUT2D eigenvalue weighted by atomic mass is 9.92. The molecule has 0 amide bonds. The van der Waals surface area contributed by atoms with Crippen molar-refractivity contribution in [1.29, 1.82) is 0 Å². The second kappa shape index (κ2) is 3.42. The lowest BCUT2D eigenvalue weighted by Crippen LogP contribution is -1.88. The zero-order valence-electron chi connectivity index (χ0n) is 10.7. The first-order valence-corrected chi connectivity index (χ1v) is 6.71. The standard InChI is InChI=1S/C18H11NO/c1-3-11-7-8-12-4-2-6-15-17(12)16(11)13(5-1)14-9-10-20-19-18(14)15/h1-10,19H. The van der Waals surface area contributed by atoms with Crippen molar-refractivity contribution in [3.63, 3.8) is 0 Å². The predicted octanol–water partition coefficient (Wildman–Crippen LogP) is 5.22. The van der Waals surface area contributed by atoms with Gasteiger partial charge in [-0.1, -0.05) is 48.5 Å². The lowest BCUT2D eigenvalue weighted by Gasteiger charge is -2.13. The average Bonchev–Trinajstić information content (AvgIpc) is 2.53. The first kappa shape index (κ1) is 10.1. The Morgan fingerprint density at radius 2 is 1.35 bits per heavy atom. The number of aromatic amines is 1. The molecule has 0 bridgehead atoms. The highest BCUT2D eigenvalue weighted by Gasteiger charge is 2.12. The Hall–Kier alpha value is -2.74. The molecule has 0 fully saturated rings. The minimum Gasteiger partial charge on any atom is -0.390 e. The van der Waals surface area contributed by atoms with E-state index in [1.165, 1.54) is 37.7 Å². The average molecular weight is 257 g/mol. The third-order valence-corrected chi connectivity index (χ3v) is 4.18. The summed E-state index contributed by atoms with van der Waals surface area (Å²) in [6.45, 7) is 0. The Kier molecular flexibility index (Phi) is 1.73. The molecule has 0 saturated heterocycles. The zero-order chi connectivity index (χ0) is 13.1. The number of hydrogen-bond donors (Lipinski definition) is 1. The van der Waals surface area contributed by atoms with Gasteiger partial charge in [0.25, 0.3) is 0 Å². The quantitative estimate of drug-likeness (QED) is 0.299. The van der Waals surface area contributed by atoms with E-state index < -0.39 is 0 Å². The first-order valence-electron chi connectivity index (χ1n) is 6.71. The van der Waals surface area contributed by atoms with E-state index in [-0.39, 0.29) is 0 Å². The topological polar surface area (TPSA) is 28.9 Å². The van der Waals surface area contributed by atoms with Gasteiger partial charge in [-0.25, -0.2) is 5.16 Å². The van der Waals surface area contributed by atoms with E-state index in [0.29, 0.717) is 0 Å². The lowest BCUT2D eigenvalue weighted by molar-refractivity contribution is 0.413. The SMILES string of the molecule is c1cc2ccc3cccc4c5[nH]occc5c(c1)c2c34. The Morgan fingerprint density at radius 1 is 0.650 bits per heavy atom. The van der Waals surface area contributed by atoms with Gasteiger partial charge in [0, 0.05) is 10.8 Å². The summed E-state index contributed by atoms with van der Waals surface area (Å²) in [5.41, 5.74) is 1.06. The van der Waals surface area contributed by atoms with E-state index in [2.05, 4.69) is 53.7 Å². The molecule has 0 atom stereocenters. The van der Waals surface area contributed by atoms with Crippen LogP contribution in [0.25, 0.3) is 43.2 Å². The van der Waals surface area contributed by atoms with Crippen molar-refractivity contribution in [3.8, 4) is 0 Å². The van der Waals surface area contributed by atoms with Crippen LogP contribution >= 0.6 is 0 Å². The van der Waals surface area contributed by atoms with Gasteiger partial charge >= 0.3 is 0 Å². The number of nitrogens with one attached hydrogen (secondary N) is 1. The van der Waals surface area contributed by atoms with Crippen LogP contribution in [-0.4, -0.2) is 5.16 Å². The molecular weight excluding hydrogens is 246 g/mol. The maximum Gasteiger partial charge on any atom is 0.119 e. The summed E-state index contributed by atoms with van der Waals surface area (Å²) in [7, 11) is 0. The Balaban J connectivity index is 2.33. The van der Waals surface area contributed by atoms with Crippen LogP contribution in [-0.2, 0) is 0 Å². The van der Waals surface area contributed by atoms with Gasteiger partial charge in [0.1, 0.15) is 6.26 Å². The highest BCUT2D eigenvalue weighted by atomic mass is 16.4. The van der Waals surface area contributed by atoms with Crippen molar-refractivity contribution in [1.82, 2.24) is 5.16 Å². The summed E-state index contributed by atoms with van der Waals surface area (Å²) in [5.74, 6) is 0. The molecule has 0 radical (unpaired) electrons. The van der Waals surface area contributed by atoms with E-state index in [9.17, 15) is 0 Å². The molecule has 4 aromatic carbocycles. The largest absolute Gasteiger partial charge is 0.390 e. The molecule has 1 heterocycles. The molecule has 1 N–H and O–H groups in total. The van der Waals surface area contributed by atoms with Gasteiger partial charge in [-0.3, -0.25) is 0 Å². The Morgan fingerprint density at radius 3 is 2.15 bits per heavy atom. The maximum absolute atomic E-state index is 5.29. The predicted molar refractivity (Wildman–Crippen MR) is 83.1 cm³/mol. The van der Waals surface area contributed by atoms with E-state index in [4.69, 9.17) is 4.52 Å². The number of fused-ring (bicyclic) bond motifs is 3. The van der Waals surface area contributed by atoms with Gasteiger partial charge in [-0.2, -0.15) is 0 Å². The van der Waals surface area contributed by atoms with E-state index in [1.807, 2.05) is 6.07 Å². The summed E-state index contributed by atoms with van der Waals surface area (Å²) >= 11 is 0. The van der Waals surface area contributed by atoms with Gasteiger partial charge in [0.05, 0.1) is 5.52 Å². The number of benzene rings is 4. The molecule has 20 heavy (non-hydrogen) atoms. The monoisotopic (exact) mass is 257 g/mol. The summed E-state index contributed by atoms with van der Waals surface area (Å²) in [5, 5.41) is 12.0. The fourth-order valence-electron chi connectivity index (χ4n) is 3.35. The van der Waals surface area contributed by atoms with E-state index in [0.717, 1.165) is 5.52 Å². The molecule has 5 aromatic rings. The molecule has 0 aliphatic heterocycles. The van der Waals surface area contributed by atoms with Crippen molar-refractivity contribution in [2.45, 2.75) is 0 Å². The van der Waals surface area contributed by atoms with Crippen LogP contribution in [0.4, 0.5) is 0 Å². The number of hydrogen-bond acceptors (Lipinski definition) is 1. The molecule has 0 saturated carbocycles. The molecule has 0 spiro atoms. The maximum atomic E-state index is 5.29. The summed E-state index contributed by atoms with van der Waals surface area (Å²) in [6.07, 6.45) is 1.70. The van der Waals surface area contributed by atoms with E-state index >= 15 is 0 Å². The number of H-pyrrole nitrogens is 1. The third-order valence-electron chi connectivity index (χ3n) is 4.18. The molecule has 0 aliphatic carbocycles. The molecule has 2 nitrogen and oxygen atoms in total. The molecule has 5 rings (SSSR count). The van der Waals surface area contributed by atoms with Crippen LogP contribution in [0, 0.1) is 0 Å². The van der Waals surface area contributed by atoms with Crippen molar-refractivity contribution in [2.24, 2.45) is 0 Å². The Bertz CT molecular complexity index is 1010. The minimum absolute atomic E-state index is 1.06. The second-order valence-electron chi connectivity index (χ2n) is 5.18. The minimum atomic E-state index is 1.06.